The number of ether oxygens (including phenoxy) is 1. The normalized spacial score (nSPS) is 11.8. The van der Waals surface area contributed by atoms with Gasteiger partial charge < -0.3 is 21.5 Å². The number of non-ortho nitro benzene ring substituents is 1. The topological polar surface area (TPSA) is 209 Å². The molecule has 0 aliphatic rings. The van der Waals surface area contributed by atoms with Gasteiger partial charge in [-0.05, 0) is 36.4 Å². The highest BCUT2D eigenvalue weighted by atomic mass is 32.2. The molecule has 0 aliphatic carbocycles. The van der Waals surface area contributed by atoms with Gasteiger partial charge in [0.25, 0.3) is 21.6 Å². The van der Waals surface area contributed by atoms with Crippen LogP contribution in [0.1, 0.15) is 22.5 Å². The highest BCUT2D eigenvalue weighted by Gasteiger charge is 2.25. The molecule has 0 saturated heterocycles. The molecular formula is C18H22N6O7S2. The van der Waals surface area contributed by atoms with Gasteiger partial charge in [0.1, 0.15) is 10.9 Å². The van der Waals surface area contributed by atoms with Crippen molar-refractivity contribution in [1.82, 2.24) is 5.32 Å². The van der Waals surface area contributed by atoms with Gasteiger partial charge in [-0.2, -0.15) is 0 Å². The summed E-state index contributed by atoms with van der Waals surface area (Å²) in [5.74, 6) is -1.47. The molecule has 2 rings (SSSR count). The molecular weight excluding hydrogens is 476 g/mol. The lowest BCUT2D eigenvalue weighted by Gasteiger charge is -2.16. The molecule has 1 atom stereocenters. The summed E-state index contributed by atoms with van der Waals surface area (Å²) in [6.07, 6.45) is 0.562. The molecule has 1 amide bonds. The Morgan fingerprint density at radius 2 is 1.91 bits per heavy atom. The van der Waals surface area contributed by atoms with Gasteiger partial charge in [0, 0.05) is 18.7 Å². The average molecular weight is 499 g/mol. The quantitative estimate of drug-likeness (QED) is 0.0860. The van der Waals surface area contributed by atoms with Crippen molar-refractivity contribution in [2.75, 3.05) is 18.4 Å². The van der Waals surface area contributed by atoms with E-state index >= 15 is 0 Å². The average Bonchev–Trinajstić information content (AvgIpc) is 3.22. The lowest BCUT2D eigenvalue weighted by atomic mass is 10.1. The highest BCUT2D eigenvalue weighted by Crippen LogP contribution is 2.26. The van der Waals surface area contributed by atoms with Crippen molar-refractivity contribution in [3.8, 4) is 0 Å². The molecule has 1 heterocycles. The number of carbonyl (C=O) groups is 2. The molecule has 2 aromatic rings. The van der Waals surface area contributed by atoms with Gasteiger partial charge in [-0.3, -0.25) is 24.6 Å². The van der Waals surface area contributed by atoms with Crippen molar-refractivity contribution in [1.29, 1.82) is 0 Å². The number of nitro benzene ring substituents is 1. The number of sulfonamides is 1. The Labute approximate surface area is 193 Å². The number of esters is 1. The summed E-state index contributed by atoms with van der Waals surface area (Å²) in [4.78, 5) is 38.5. The summed E-state index contributed by atoms with van der Waals surface area (Å²) in [5, 5.41) is 14.8. The Balaban J connectivity index is 2.15. The fraction of sp³-hybridized carbons (Fsp3) is 0.278. The minimum atomic E-state index is -4.13. The van der Waals surface area contributed by atoms with Gasteiger partial charge in [0.15, 0.2) is 5.96 Å². The van der Waals surface area contributed by atoms with Gasteiger partial charge >= 0.3 is 5.97 Å². The number of thiophene rings is 1. The van der Waals surface area contributed by atoms with Crippen molar-refractivity contribution >= 4 is 50.6 Å². The smallest absolute Gasteiger partial charge is 0.328 e. The Morgan fingerprint density at radius 3 is 2.48 bits per heavy atom. The number of nitro groups is 1. The third kappa shape index (κ3) is 7.15. The summed E-state index contributed by atoms with van der Waals surface area (Å²) < 4.78 is 32.3. The van der Waals surface area contributed by atoms with Crippen LogP contribution < -0.4 is 21.5 Å². The van der Waals surface area contributed by atoms with Crippen LogP contribution in [0.3, 0.4) is 0 Å². The summed E-state index contributed by atoms with van der Waals surface area (Å²) >= 11 is 0.958. The van der Waals surface area contributed by atoms with E-state index in [0.717, 1.165) is 35.6 Å². The number of guanidine groups is 1. The predicted octanol–water partition coefficient (Wildman–Crippen LogP) is 0.782. The maximum Gasteiger partial charge on any atom is 0.328 e. The van der Waals surface area contributed by atoms with Crippen molar-refractivity contribution in [3.05, 3.63) is 50.7 Å². The van der Waals surface area contributed by atoms with E-state index < -0.39 is 32.9 Å². The Bertz CT molecular complexity index is 1140. The number of rotatable bonds is 11. The molecule has 13 nitrogen and oxygen atoms in total. The highest BCUT2D eigenvalue weighted by molar-refractivity contribution is 7.92. The Hall–Kier alpha value is -3.72. The standard InChI is InChI=1S/C18H22N6O7S2/c1-31-17(26)14(3-2-9-21-18(19)20)22-16(25)15-13(8-10-32-15)23-33(29,30)12-6-4-11(5-7-12)24(27)28/h4-8,10,14,23H,2-3,9H2,1H3,(H,22,25)(H4,19,20,21)/t14-/m0/s1. The van der Waals surface area contributed by atoms with Gasteiger partial charge in [0.05, 0.1) is 22.6 Å². The molecule has 1 aromatic carbocycles. The van der Waals surface area contributed by atoms with E-state index in [9.17, 15) is 28.1 Å². The molecule has 15 heteroatoms. The number of anilines is 1. The first-order chi connectivity index (χ1) is 15.5. The largest absolute Gasteiger partial charge is 0.467 e. The molecule has 0 radical (unpaired) electrons. The van der Waals surface area contributed by atoms with Crippen LogP contribution in [0.15, 0.2) is 45.6 Å². The molecule has 1 aromatic heterocycles. The number of benzene rings is 1. The molecule has 178 valence electrons. The first-order valence-corrected chi connectivity index (χ1v) is 11.7. The molecule has 0 unspecified atom stereocenters. The first kappa shape index (κ1) is 25.5. The summed E-state index contributed by atoms with van der Waals surface area (Å²) in [6, 6.07) is 4.65. The fourth-order valence-corrected chi connectivity index (χ4v) is 4.52. The SMILES string of the molecule is COC(=O)[C@H](CCCN=C(N)N)NC(=O)c1sccc1NS(=O)(=O)c1ccc([N+](=O)[O-])cc1. The lowest BCUT2D eigenvalue weighted by Crippen LogP contribution is -2.41. The fourth-order valence-electron chi connectivity index (χ4n) is 2.63. The number of hydrogen-bond acceptors (Lipinski definition) is 9. The molecule has 0 bridgehead atoms. The van der Waals surface area contributed by atoms with E-state index in [-0.39, 0.29) is 40.1 Å². The summed E-state index contributed by atoms with van der Waals surface area (Å²) in [6.45, 7) is 0.241. The molecule has 0 spiro atoms. The van der Waals surface area contributed by atoms with Crippen LogP contribution in [0.4, 0.5) is 11.4 Å². The monoisotopic (exact) mass is 498 g/mol. The Morgan fingerprint density at radius 1 is 1.24 bits per heavy atom. The number of nitrogens with one attached hydrogen (secondary N) is 2. The molecule has 0 saturated carbocycles. The second-order valence-electron chi connectivity index (χ2n) is 6.52. The number of carbonyl (C=O) groups excluding carboxylic acids is 2. The predicted molar refractivity (Wildman–Crippen MR) is 121 cm³/mol. The van der Waals surface area contributed by atoms with Crippen LogP contribution in [-0.4, -0.2) is 50.9 Å². The summed E-state index contributed by atoms with van der Waals surface area (Å²) in [7, 11) is -2.96. The number of amides is 1. The van der Waals surface area contributed by atoms with Crippen LogP contribution in [-0.2, 0) is 19.6 Å². The number of methoxy groups -OCH3 is 1. The van der Waals surface area contributed by atoms with E-state index in [1.807, 2.05) is 0 Å². The van der Waals surface area contributed by atoms with E-state index in [4.69, 9.17) is 16.2 Å². The number of hydrogen-bond donors (Lipinski definition) is 4. The molecule has 33 heavy (non-hydrogen) atoms. The zero-order chi connectivity index (χ0) is 24.6. The van der Waals surface area contributed by atoms with Gasteiger partial charge in [0.2, 0.25) is 0 Å². The minimum absolute atomic E-state index is 0.0126. The number of aliphatic imine (C=N–C) groups is 1. The van der Waals surface area contributed by atoms with E-state index in [0.29, 0.717) is 6.42 Å². The van der Waals surface area contributed by atoms with Gasteiger partial charge in [-0.25, -0.2) is 13.2 Å². The lowest BCUT2D eigenvalue weighted by molar-refractivity contribution is -0.384. The Kier molecular flexibility index (Phi) is 8.70. The minimum Gasteiger partial charge on any atom is -0.467 e. The van der Waals surface area contributed by atoms with Crippen molar-refractivity contribution < 1.29 is 27.7 Å². The van der Waals surface area contributed by atoms with Crippen molar-refractivity contribution in [2.45, 2.75) is 23.8 Å². The zero-order valence-electron chi connectivity index (χ0n) is 17.4. The number of nitrogens with two attached hydrogens (primary N) is 2. The van der Waals surface area contributed by atoms with Crippen LogP contribution in [0.5, 0.6) is 0 Å². The van der Waals surface area contributed by atoms with Crippen LogP contribution >= 0.6 is 11.3 Å². The maximum absolute atomic E-state index is 12.8. The van der Waals surface area contributed by atoms with E-state index in [2.05, 4.69) is 15.0 Å². The molecule has 6 N–H and O–H groups in total. The second-order valence-corrected chi connectivity index (χ2v) is 9.12. The van der Waals surface area contributed by atoms with Crippen molar-refractivity contribution in [3.63, 3.8) is 0 Å². The van der Waals surface area contributed by atoms with E-state index in [1.165, 1.54) is 18.6 Å². The van der Waals surface area contributed by atoms with Crippen LogP contribution in [0.25, 0.3) is 0 Å². The second kappa shape index (κ2) is 11.2. The maximum atomic E-state index is 12.8. The molecule has 0 aliphatic heterocycles. The third-order valence-corrected chi connectivity index (χ3v) is 6.50. The van der Waals surface area contributed by atoms with Gasteiger partial charge in [-0.1, -0.05) is 0 Å². The van der Waals surface area contributed by atoms with Crippen molar-refractivity contribution in [2.24, 2.45) is 16.5 Å². The number of nitrogens with zero attached hydrogens (tertiary/aromatic N) is 2. The zero-order valence-corrected chi connectivity index (χ0v) is 19.0. The summed E-state index contributed by atoms with van der Waals surface area (Å²) in [5.41, 5.74) is 10.2. The molecule has 0 fully saturated rings. The van der Waals surface area contributed by atoms with Gasteiger partial charge in [-0.15, -0.1) is 11.3 Å². The van der Waals surface area contributed by atoms with Crippen LogP contribution in [0, 0.1) is 10.1 Å². The first-order valence-electron chi connectivity index (χ1n) is 9.34. The van der Waals surface area contributed by atoms with Crippen LogP contribution in [0.2, 0.25) is 0 Å². The van der Waals surface area contributed by atoms with E-state index in [1.54, 1.807) is 0 Å². The third-order valence-electron chi connectivity index (χ3n) is 4.21.